The maximum atomic E-state index is 10.7. The van der Waals surface area contributed by atoms with Crippen LogP contribution in [0, 0.1) is 5.92 Å². The number of carboxylic acid groups (broad SMARTS) is 1. The fourth-order valence-corrected chi connectivity index (χ4v) is 1.85. The van der Waals surface area contributed by atoms with Gasteiger partial charge >= 0.3 is 5.97 Å². The molecule has 0 spiro atoms. The second kappa shape index (κ2) is 7.22. The van der Waals surface area contributed by atoms with Gasteiger partial charge in [-0.2, -0.15) is 0 Å². The van der Waals surface area contributed by atoms with Crippen LogP contribution in [0.5, 0.6) is 0 Å². The summed E-state index contributed by atoms with van der Waals surface area (Å²) >= 11 is 4.24. The Hall–Kier alpha value is 0.890. The van der Waals surface area contributed by atoms with E-state index >= 15 is 0 Å². The molecule has 0 bridgehead atoms. The summed E-state index contributed by atoms with van der Waals surface area (Å²) in [6, 6.07) is 0.257. The number of carboxylic acids is 1. The third-order valence-electron chi connectivity index (χ3n) is 2.46. The second-order valence-electron chi connectivity index (χ2n) is 3.41. The molecule has 5 heteroatoms. The first-order valence-electron chi connectivity index (χ1n) is 4.16. The van der Waals surface area contributed by atoms with Crippen LogP contribution in [0.4, 0.5) is 0 Å². The highest BCUT2D eigenvalue weighted by Gasteiger charge is 2.33. The largest absolute Gasteiger partial charge is 0.481 e. The molecule has 2 unspecified atom stereocenters. The number of rotatable bonds is 2. The maximum absolute atomic E-state index is 10.7. The van der Waals surface area contributed by atoms with Gasteiger partial charge in [0.05, 0.1) is 5.92 Å². The van der Waals surface area contributed by atoms with Gasteiger partial charge in [-0.15, -0.1) is 0 Å². The van der Waals surface area contributed by atoms with Crippen molar-refractivity contribution in [1.82, 2.24) is 4.90 Å². The van der Waals surface area contributed by atoms with Crippen LogP contribution in [0.1, 0.15) is 19.3 Å². The number of nitrogens with zero attached hydrogens (tertiary/aromatic N) is 1. The van der Waals surface area contributed by atoms with Crippen molar-refractivity contribution in [2.75, 3.05) is 14.1 Å². The van der Waals surface area contributed by atoms with Crippen molar-refractivity contribution in [2.45, 2.75) is 25.3 Å². The zero-order valence-electron chi connectivity index (χ0n) is 7.83. The summed E-state index contributed by atoms with van der Waals surface area (Å²) in [7, 11) is 3.90. The van der Waals surface area contributed by atoms with E-state index in [2.05, 4.69) is 37.2 Å². The predicted octanol–water partition coefficient (Wildman–Crippen LogP) is 2.57. The number of hydrogen-bond donors (Lipinski definition) is 1. The summed E-state index contributed by atoms with van der Waals surface area (Å²) in [6.07, 6.45) is 2.93. The van der Waals surface area contributed by atoms with Gasteiger partial charge in [0, 0.05) is 43.3 Å². The molecule has 0 aromatic carbocycles. The van der Waals surface area contributed by atoms with E-state index in [0.717, 1.165) is 19.3 Å². The predicted molar refractivity (Wildman–Crippen MR) is 70.5 cm³/mol. The molecule has 1 aliphatic carbocycles. The minimum absolute atomic E-state index is 0.134. The summed E-state index contributed by atoms with van der Waals surface area (Å²) in [5, 5.41) is 8.81. The molecule has 1 fully saturated rings. The van der Waals surface area contributed by atoms with Crippen molar-refractivity contribution in [3.63, 3.8) is 0 Å². The maximum Gasteiger partial charge on any atom is 0.308 e. The Morgan fingerprint density at radius 1 is 1.38 bits per heavy atom. The molecule has 0 radical (unpaired) electrons. The Labute approximate surface area is 103 Å². The standard InChI is InChI=1S/C8H15NO2.I2/c1-9(2)7-5-3-4-6(7)8(10)11;1-2/h6-7H,3-5H2,1-2H3,(H,10,11);. The van der Waals surface area contributed by atoms with Crippen molar-refractivity contribution in [3.05, 3.63) is 0 Å². The second-order valence-corrected chi connectivity index (χ2v) is 3.41. The molecule has 13 heavy (non-hydrogen) atoms. The normalized spacial score (nSPS) is 26.8. The van der Waals surface area contributed by atoms with E-state index in [4.69, 9.17) is 5.11 Å². The molecule has 78 valence electrons. The van der Waals surface area contributed by atoms with Gasteiger partial charge in [0.25, 0.3) is 0 Å². The zero-order valence-corrected chi connectivity index (χ0v) is 12.1. The van der Waals surface area contributed by atoms with Gasteiger partial charge in [0.1, 0.15) is 0 Å². The topological polar surface area (TPSA) is 40.5 Å². The molecule has 1 aliphatic rings. The smallest absolute Gasteiger partial charge is 0.308 e. The van der Waals surface area contributed by atoms with Crippen LogP contribution < -0.4 is 0 Å². The van der Waals surface area contributed by atoms with Gasteiger partial charge in [-0.05, 0) is 26.9 Å². The third-order valence-corrected chi connectivity index (χ3v) is 2.46. The van der Waals surface area contributed by atoms with E-state index in [1.54, 1.807) is 0 Å². The van der Waals surface area contributed by atoms with Crippen LogP contribution >= 0.6 is 37.2 Å². The monoisotopic (exact) mass is 411 g/mol. The van der Waals surface area contributed by atoms with Crippen molar-refractivity contribution < 1.29 is 9.90 Å². The lowest BCUT2D eigenvalue weighted by molar-refractivity contribution is -0.143. The van der Waals surface area contributed by atoms with E-state index in [-0.39, 0.29) is 12.0 Å². The van der Waals surface area contributed by atoms with E-state index < -0.39 is 5.97 Å². The zero-order chi connectivity index (χ0) is 10.4. The fourth-order valence-electron chi connectivity index (χ4n) is 1.85. The van der Waals surface area contributed by atoms with Gasteiger partial charge in [-0.1, -0.05) is 6.42 Å². The molecule has 0 aliphatic heterocycles. The quantitative estimate of drug-likeness (QED) is 0.711. The summed E-state index contributed by atoms with van der Waals surface area (Å²) in [4.78, 5) is 12.7. The van der Waals surface area contributed by atoms with Crippen LogP contribution in [0.2, 0.25) is 0 Å². The van der Waals surface area contributed by atoms with E-state index in [0.29, 0.717) is 0 Å². The summed E-state index contributed by atoms with van der Waals surface area (Å²) in [6.45, 7) is 0. The number of carbonyl (C=O) groups is 1. The van der Waals surface area contributed by atoms with Crippen LogP contribution in [-0.2, 0) is 4.79 Å². The van der Waals surface area contributed by atoms with Crippen LogP contribution in [-0.4, -0.2) is 36.1 Å². The first-order valence-corrected chi connectivity index (χ1v) is 10.4. The molecule has 0 saturated heterocycles. The Morgan fingerprint density at radius 3 is 2.23 bits per heavy atom. The highest BCUT2D eigenvalue weighted by molar-refractivity contribution is 15.0. The number of hydrogen-bond acceptors (Lipinski definition) is 2. The molecule has 1 rings (SSSR count). The van der Waals surface area contributed by atoms with Gasteiger partial charge in [-0.25, -0.2) is 0 Å². The van der Waals surface area contributed by atoms with Gasteiger partial charge in [-0.3, -0.25) is 4.79 Å². The fraction of sp³-hybridized carbons (Fsp3) is 0.875. The van der Waals surface area contributed by atoms with Gasteiger partial charge in [0.2, 0.25) is 0 Å². The lowest BCUT2D eigenvalue weighted by Crippen LogP contribution is -2.35. The van der Waals surface area contributed by atoms with Gasteiger partial charge in [0.15, 0.2) is 0 Å². The molecule has 1 saturated carbocycles. The van der Waals surface area contributed by atoms with Crippen molar-refractivity contribution in [2.24, 2.45) is 5.92 Å². The Bertz CT molecular complexity index is 164. The van der Waals surface area contributed by atoms with E-state index in [1.165, 1.54) is 0 Å². The highest BCUT2D eigenvalue weighted by atomic mass is 128. The molecule has 3 nitrogen and oxygen atoms in total. The average molecular weight is 411 g/mol. The summed E-state index contributed by atoms with van der Waals surface area (Å²) in [5.41, 5.74) is 0. The first-order chi connectivity index (χ1) is 6.13. The van der Waals surface area contributed by atoms with E-state index in [1.807, 2.05) is 19.0 Å². The Kier molecular flexibility index (Phi) is 7.71. The van der Waals surface area contributed by atoms with Crippen molar-refractivity contribution in [3.8, 4) is 0 Å². The molecule has 0 aromatic heterocycles. The molecule has 0 amide bonds. The average Bonchev–Trinajstić information content (AvgIpc) is 2.55. The van der Waals surface area contributed by atoms with Crippen LogP contribution in [0.25, 0.3) is 0 Å². The number of halogens is 2. The molecule has 0 aromatic rings. The van der Waals surface area contributed by atoms with Crippen molar-refractivity contribution >= 4 is 43.2 Å². The molecule has 0 heterocycles. The molecular weight excluding hydrogens is 396 g/mol. The number of aliphatic carboxylic acids is 1. The molecular formula is C8H15I2NO2. The van der Waals surface area contributed by atoms with Crippen molar-refractivity contribution in [1.29, 1.82) is 0 Å². The molecule has 1 N–H and O–H groups in total. The molecule has 2 atom stereocenters. The van der Waals surface area contributed by atoms with Crippen LogP contribution in [0.15, 0.2) is 0 Å². The van der Waals surface area contributed by atoms with Crippen LogP contribution in [0.3, 0.4) is 0 Å². The summed E-state index contributed by atoms with van der Waals surface area (Å²) < 4.78 is 0. The lowest BCUT2D eigenvalue weighted by Gasteiger charge is -2.22. The van der Waals surface area contributed by atoms with Gasteiger partial charge < -0.3 is 10.0 Å². The summed E-state index contributed by atoms with van der Waals surface area (Å²) in [5.74, 6) is -0.772. The lowest BCUT2D eigenvalue weighted by atomic mass is 10.0. The minimum Gasteiger partial charge on any atom is -0.481 e. The Morgan fingerprint density at radius 2 is 1.92 bits per heavy atom. The van der Waals surface area contributed by atoms with E-state index in [9.17, 15) is 4.79 Å². The Balaban J connectivity index is 0.000000671. The SMILES string of the molecule is CN(C)C1CCCC1C(=O)O.II. The highest BCUT2D eigenvalue weighted by Crippen LogP contribution is 2.28. The first kappa shape index (κ1) is 13.9. The minimum atomic E-state index is -0.638. The third kappa shape index (κ3) is 4.28.